The van der Waals surface area contributed by atoms with Gasteiger partial charge in [-0.3, -0.25) is 0 Å². The second-order valence-electron chi connectivity index (χ2n) is 14.3. The third kappa shape index (κ3) is 4.37. The standard InChI is InChI=1S/C51H31N3O/c1-2-17-35(18-3-1)53-44-25-9-5-20-37(44)39-28-29-40-38-21-6-10-26-45(38)54(50(40)49(39)53)36-19-13-15-33(31-36)32-14-12-16-34(30-32)47-41-22-4-8-24-43(41)52-48-42-23-7-11-27-46(42)55-51(47)48/h1-31H. The number of pyridine rings is 1. The van der Waals surface area contributed by atoms with E-state index in [1.807, 2.05) is 18.2 Å². The molecule has 0 saturated heterocycles. The van der Waals surface area contributed by atoms with Crippen LogP contribution < -0.4 is 0 Å². The van der Waals surface area contributed by atoms with Gasteiger partial charge in [-0.1, -0.05) is 127 Å². The molecule has 8 aromatic carbocycles. The molecule has 0 fully saturated rings. The lowest BCUT2D eigenvalue weighted by atomic mass is 9.95. The van der Waals surface area contributed by atoms with Gasteiger partial charge in [-0.15, -0.1) is 0 Å². The van der Waals surface area contributed by atoms with E-state index in [1.54, 1.807) is 0 Å². The molecule has 0 saturated carbocycles. The Hall–Kier alpha value is -7.43. The predicted octanol–water partition coefficient (Wildman–Crippen LogP) is 13.7. The van der Waals surface area contributed by atoms with E-state index >= 15 is 0 Å². The SMILES string of the molecule is c1ccc(-n2c3ccccc3c3ccc4c5ccccc5n(-c5cccc(-c6cccc(-c7c8ccccc8nc8c7oc7ccccc78)c6)c5)c4c32)cc1. The first-order valence-electron chi connectivity index (χ1n) is 18.7. The van der Waals surface area contributed by atoms with Gasteiger partial charge in [0.25, 0.3) is 0 Å². The Labute approximate surface area is 315 Å². The van der Waals surface area contributed by atoms with Gasteiger partial charge >= 0.3 is 0 Å². The number of hydrogen-bond donors (Lipinski definition) is 0. The van der Waals surface area contributed by atoms with Crippen LogP contribution in [0.15, 0.2) is 192 Å². The summed E-state index contributed by atoms with van der Waals surface area (Å²) >= 11 is 0. The summed E-state index contributed by atoms with van der Waals surface area (Å²) in [5.41, 5.74) is 15.0. The molecule has 4 heteroatoms. The first-order chi connectivity index (χ1) is 27.3. The van der Waals surface area contributed by atoms with E-state index in [2.05, 4.69) is 179 Å². The molecule has 0 aliphatic carbocycles. The van der Waals surface area contributed by atoms with Gasteiger partial charge in [0, 0.05) is 49.3 Å². The van der Waals surface area contributed by atoms with Crippen molar-refractivity contribution in [2.75, 3.05) is 0 Å². The minimum atomic E-state index is 0.814. The highest BCUT2D eigenvalue weighted by Gasteiger charge is 2.22. The van der Waals surface area contributed by atoms with Crippen LogP contribution in [0, 0.1) is 0 Å². The van der Waals surface area contributed by atoms with E-state index in [-0.39, 0.29) is 0 Å². The Morgan fingerprint density at radius 2 is 0.927 bits per heavy atom. The maximum atomic E-state index is 6.57. The number of hydrogen-bond acceptors (Lipinski definition) is 2. The molecule has 0 unspecified atom stereocenters. The number of fused-ring (bicyclic) bond motifs is 11. The van der Waals surface area contributed by atoms with Crippen LogP contribution in [0.1, 0.15) is 0 Å². The molecule has 0 atom stereocenters. The van der Waals surface area contributed by atoms with Crippen molar-refractivity contribution in [3.63, 3.8) is 0 Å². The zero-order valence-corrected chi connectivity index (χ0v) is 29.6. The van der Waals surface area contributed by atoms with Gasteiger partial charge in [-0.2, -0.15) is 0 Å². The van der Waals surface area contributed by atoms with Crippen LogP contribution in [-0.2, 0) is 0 Å². The van der Waals surface area contributed by atoms with E-state index in [1.165, 1.54) is 43.6 Å². The number of rotatable bonds is 4. The zero-order valence-electron chi connectivity index (χ0n) is 29.6. The first kappa shape index (κ1) is 30.1. The number of aromatic nitrogens is 3. The summed E-state index contributed by atoms with van der Waals surface area (Å²) in [6.07, 6.45) is 0. The van der Waals surface area contributed by atoms with E-state index in [0.29, 0.717) is 0 Å². The summed E-state index contributed by atoms with van der Waals surface area (Å²) in [5.74, 6) is 0. The Kier molecular flexibility index (Phi) is 6.31. The van der Waals surface area contributed by atoms with Crippen LogP contribution in [0.3, 0.4) is 0 Å². The third-order valence-corrected chi connectivity index (χ3v) is 11.3. The Morgan fingerprint density at radius 3 is 1.67 bits per heavy atom. The molecule has 55 heavy (non-hydrogen) atoms. The van der Waals surface area contributed by atoms with Crippen LogP contribution in [0.25, 0.3) is 110 Å². The van der Waals surface area contributed by atoms with E-state index in [9.17, 15) is 0 Å². The summed E-state index contributed by atoms with van der Waals surface area (Å²) in [6, 6.07) is 67.3. The maximum Gasteiger partial charge on any atom is 0.162 e. The fourth-order valence-corrected chi connectivity index (χ4v) is 8.92. The smallest absolute Gasteiger partial charge is 0.162 e. The quantitative estimate of drug-likeness (QED) is 0.183. The van der Waals surface area contributed by atoms with Crippen molar-refractivity contribution in [1.82, 2.24) is 14.1 Å². The van der Waals surface area contributed by atoms with Gasteiger partial charge in [0.2, 0.25) is 0 Å². The number of para-hydroxylation sites is 5. The average molecular weight is 702 g/mol. The summed E-state index contributed by atoms with van der Waals surface area (Å²) in [6.45, 7) is 0. The van der Waals surface area contributed by atoms with Crippen LogP contribution in [0.4, 0.5) is 0 Å². The lowest BCUT2D eigenvalue weighted by Gasteiger charge is -2.14. The molecule has 4 aromatic heterocycles. The molecule has 0 bridgehead atoms. The topological polar surface area (TPSA) is 35.9 Å². The molecule has 0 aliphatic heterocycles. The monoisotopic (exact) mass is 701 g/mol. The van der Waals surface area contributed by atoms with Crippen molar-refractivity contribution < 1.29 is 4.42 Å². The van der Waals surface area contributed by atoms with Gasteiger partial charge < -0.3 is 13.6 Å². The van der Waals surface area contributed by atoms with Gasteiger partial charge in [-0.05, 0) is 77.4 Å². The van der Waals surface area contributed by atoms with Gasteiger partial charge in [0.05, 0.1) is 27.6 Å². The first-order valence-corrected chi connectivity index (χ1v) is 18.7. The van der Waals surface area contributed by atoms with Crippen molar-refractivity contribution in [3.05, 3.63) is 188 Å². The summed E-state index contributed by atoms with van der Waals surface area (Å²) in [7, 11) is 0. The fraction of sp³-hybridized carbons (Fsp3) is 0. The molecule has 0 aliphatic rings. The summed E-state index contributed by atoms with van der Waals surface area (Å²) < 4.78 is 11.5. The van der Waals surface area contributed by atoms with Crippen molar-refractivity contribution >= 4 is 76.6 Å². The summed E-state index contributed by atoms with van der Waals surface area (Å²) in [4.78, 5) is 5.08. The zero-order chi connectivity index (χ0) is 36.0. The van der Waals surface area contributed by atoms with Crippen LogP contribution in [0.5, 0.6) is 0 Å². The highest BCUT2D eigenvalue weighted by Crippen LogP contribution is 2.43. The summed E-state index contributed by atoms with van der Waals surface area (Å²) in [5, 5.41) is 7.04. The second-order valence-corrected chi connectivity index (χ2v) is 14.3. The van der Waals surface area contributed by atoms with Crippen molar-refractivity contribution in [2.24, 2.45) is 0 Å². The largest absolute Gasteiger partial charge is 0.454 e. The highest BCUT2D eigenvalue weighted by molar-refractivity contribution is 6.24. The molecular weight excluding hydrogens is 671 g/mol. The lowest BCUT2D eigenvalue weighted by molar-refractivity contribution is 0.670. The predicted molar refractivity (Wildman–Crippen MR) is 229 cm³/mol. The molecule has 4 nitrogen and oxygen atoms in total. The highest BCUT2D eigenvalue weighted by atomic mass is 16.3. The normalized spacial score (nSPS) is 12.0. The number of furan rings is 1. The van der Waals surface area contributed by atoms with E-state index in [0.717, 1.165) is 66.6 Å². The Morgan fingerprint density at radius 1 is 0.382 bits per heavy atom. The van der Waals surface area contributed by atoms with Crippen LogP contribution in [-0.4, -0.2) is 14.1 Å². The average Bonchev–Trinajstić information content (AvgIpc) is 3.91. The maximum absolute atomic E-state index is 6.57. The van der Waals surface area contributed by atoms with Crippen molar-refractivity contribution in [2.45, 2.75) is 0 Å². The molecule has 12 aromatic rings. The molecule has 0 amide bonds. The fourth-order valence-electron chi connectivity index (χ4n) is 8.92. The molecular formula is C51H31N3O. The van der Waals surface area contributed by atoms with Crippen LogP contribution in [0.2, 0.25) is 0 Å². The molecule has 0 spiro atoms. The third-order valence-electron chi connectivity index (χ3n) is 11.3. The molecule has 256 valence electrons. The minimum absolute atomic E-state index is 0.814. The van der Waals surface area contributed by atoms with Gasteiger partial charge in [0.15, 0.2) is 5.58 Å². The van der Waals surface area contributed by atoms with Gasteiger partial charge in [-0.25, -0.2) is 4.98 Å². The van der Waals surface area contributed by atoms with Crippen LogP contribution >= 0.6 is 0 Å². The Balaban J connectivity index is 1.11. The van der Waals surface area contributed by atoms with Gasteiger partial charge in [0.1, 0.15) is 11.1 Å². The minimum Gasteiger partial charge on any atom is -0.454 e. The second kappa shape index (κ2) is 11.5. The molecule has 0 N–H and O–H groups in total. The van der Waals surface area contributed by atoms with Crippen molar-refractivity contribution in [1.29, 1.82) is 0 Å². The van der Waals surface area contributed by atoms with E-state index < -0.39 is 0 Å². The molecule has 12 rings (SSSR count). The number of nitrogens with zero attached hydrogens (tertiary/aromatic N) is 3. The molecule has 0 radical (unpaired) electrons. The Bertz CT molecular complexity index is 3490. The lowest BCUT2D eigenvalue weighted by Crippen LogP contribution is -1.98. The van der Waals surface area contributed by atoms with Crippen molar-refractivity contribution in [3.8, 4) is 33.6 Å². The number of benzene rings is 8. The van der Waals surface area contributed by atoms with E-state index in [4.69, 9.17) is 9.40 Å². The molecule has 4 heterocycles.